The van der Waals surface area contributed by atoms with Crippen molar-refractivity contribution in [3.63, 3.8) is 0 Å². The molecule has 7 nitrogen and oxygen atoms in total. The molecule has 4 rings (SSSR count). The van der Waals surface area contributed by atoms with Crippen LogP contribution in [0.15, 0.2) is 77.5 Å². The maximum Gasteiger partial charge on any atom is 0.283 e. The van der Waals surface area contributed by atoms with Gasteiger partial charge in [-0.15, -0.1) is 0 Å². The molecule has 3 amide bonds. The fraction of sp³-hybridized carbons (Fsp3) is 0.0417. The Bertz CT molecular complexity index is 1340. The van der Waals surface area contributed by atoms with E-state index < -0.39 is 11.8 Å². The zero-order valence-corrected chi connectivity index (χ0v) is 19.8. The van der Waals surface area contributed by atoms with E-state index in [1.807, 2.05) is 0 Å². The number of carbonyl (C=O) groups is 3. The molecule has 3 aromatic carbocycles. The van der Waals surface area contributed by atoms with Crippen LogP contribution in [0, 0.1) is 0 Å². The van der Waals surface area contributed by atoms with E-state index in [0.717, 1.165) is 4.90 Å². The first kappa shape index (κ1) is 23.6. The first-order valence-electron chi connectivity index (χ1n) is 9.84. The summed E-state index contributed by atoms with van der Waals surface area (Å²) in [4.78, 5) is 39.4. The van der Waals surface area contributed by atoms with Crippen LogP contribution < -0.4 is 20.3 Å². The van der Waals surface area contributed by atoms with E-state index >= 15 is 0 Å². The minimum atomic E-state index is -0.730. The van der Waals surface area contributed by atoms with Gasteiger partial charge in [-0.05, 0) is 60.7 Å². The van der Waals surface area contributed by atoms with Crippen LogP contribution in [-0.4, -0.2) is 24.8 Å². The Labute approximate surface area is 209 Å². The molecule has 0 spiro atoms. The second-order valence-corrected chi connectivity index (χ2v) is 8.37. The highest BCUT2D eigenvalue weighted by molar-refractivity contribution is 6.53. The Hall–Kier alpha value is -3.52. The van der Waals surface area contributed by atoms with Gasteiger partial charge in [0.05, 0.1) is 12.8 Å². The normalized spacial score (nSPS) is 13.4. The quantitative estimate of drug-likeness (QED) is 0.411. The predicted molar refractivity (Wildman–Crippen MR) is 133 cm³/mol. The third kappa shape index (κ3) is 4.72. The second kappa shape index (κ2) is 9.77. The molecule has 0 saturated heterocycles. The average Bonchev–Trinajstić information content (AvgIpc) is 3.03. The van der Waals surface area contributed by atoms with Crippen LogP contribution in [0.25, 0.3) is 0 Å². The molecule has 0 unspecified atom stereocenters. The summed E-state index contributed by atoms with van der Waals surface area (Å²) in [5.41, 5.74) is 1.31. The topological polar surface area (TPSA) is 87.7 Å². The molecular weight excluding hydrogens is 501 g/mol. The van der Waals surface area contributed by atoms with Crippen LogP contribution in [0.3, 0.4) is 0 Å². The van der Waals surface area contributed by atoms with Crippen LogP contribution in [-0.2, 0) is 9.59 Å². The number of rotatable bonds is 6. The lowest BCUT2D eigenvalue weighted by Gasteiger charge is -2.18. The van der Waals surface area contributed by atoms with Crippen LogP contribution in [0.2, 0.25) is 10.0 Å². The summed E-state index contributed by atoms with van der Waals surface area (Å²) in [6.45, 7) is 0. The van der Waals surface area contributed by atoms with E-state index in [2.05, 4.69) is 10.6 Å². The molecule has 172 valence electrons. The van der Waals surface area contributed by atoms with Gasteiger partial charge in [0.2, 0.25) is 0 Å². The number of benzene rings is 3. The number of amides is 3. The number of halogens is 3. The van der Waals surface area contributed by atoms with Gasteiger partial charge in [0, 0.05) is 27.0 Å². The van der Waals surface area contributed by atoms with Crippen LogP contribution in [0.4, 0.5) is 17.1 Å². The third-order valence-electron chi connectivity index (χ3n) is 4.91. The highest BCUT2D eigenvalue weighted by atomic mass is 35.5. The fourth-order valence-electron chi connectivity index (χ4n) is 3.29. The predicted octanol–water partition coefficient (Wildman–Crippen LogP) is 5.69. The summed E-state index contributed by atoms with van der Waals surface area (Å²) in [7, 11) is 1.41. The molecule has 0 saturated carbocycles. The number of nitrogens with one attached hydrogen (secondary N) is 2. The molecule has 10 heteroatoms. The number of imide groups is 1. The third-order valence-corrected chi connectivity index (χ3v) is 5.74. The minimum absolute atomic E-state index is 0.135. The van der Waals surface area contributed by atoms with Crippen molar-refractivity contribution in [1.29, 1.82) is 0 Å². The van der Waals surface area contributed by atoms with Crippen molar-refractivity contribution >= 4 is 69.6 Å². The van der Waals surface area contributed by atoms with Crippen LogP contribution in [0.5, 0.6) is 5.75 Å². The Morgan fingerprint density at radius 2 is 1.56 bits per heavy atom. The van der Waals surface area contributed by atoms with E-state index in [1.165, 1.54) is 19.2 Å². The van der Waals surface area contributed by atoms with E-state index in [4.69, 9.17) is 39.5 Å². The molecule has 1 aliphatic rings. The van der Waals surface area contributed by atoms with Gasteiger partial charge in [0.1, 0.15) is 16.5 Å². The molecule has 0 fully saturated rings. The fourth-order valence-corrected chi connectivity index (χ4v) is 3.79. The standard InChI is InChI=1S/C24H16Cl3N3O4/c1-34-19-10-7-15(26)12-18(19)30-23(32)20(27)21(24(30)33)28-17-4-2-3-13(11-17)22(31)29-16-8-5-14(25)6-9-16/h2-12,28H,1H3,(H,29,31). The molecule has 0 atom stereocenters. The lowest BCUT2D eigenvalue weighted by molar-refractivity contribution is -0.120. The molecule has 1 heterocycles. The smallest absolute Gasteiger partial charge is 0.283 e. The van der Waals surface area contributed by atoms with Gasteiger partial charge in [0.25, 0.3) is 17.7 Å². The van der Waals surface area contributed by atoms with Crippen molar-refractivity contribution in [2.75, 3.05) is 22.6 Å². The maximum absolute atomic E-state index is 13.1. The Morgan fingerprint density at radius 1 is 0.853 bits per heavy atom. The average molecular weight is 517 g/mol. The molecule has 0 aliphatic carbocycles. The van der Waals surface area contributed by atoms with Crippen molar-refractivity contribution in [1.82, 2.24) is 0 Å². The van der Waals surface area contributed by atoms with Crippen molar-refractivity contribution in [3.8, 4) is 5.75 Å². The summed E-state index contributed by atoms with van der Waals surface area (Å²) >= 11 is 18.1. The lowest BCUT2D eigenvalue weighted by atomic mass is 10.1. The number of methoxy groups -OCH3 is 1. The van der Waals surface area contributed by atoms with Gasteiger partial charge in [-0.25, -0.2) is 4.90 Å². The number of anilines is 3. The van der Waals surface area contributed by atoms with E-state index in [1.54, 1.807) is 54.6 Å². The molecule has 0 aromatic heterocycles. The van der Waals surface area contributed by atoms with Crippen molar-refractivity contribution in [3.05, 3.63) is 93.1 Å². The van der Waals surface area contributed by atoms with Gasteiger partial charge >= 0.3 is 0 Å². The SMILES string of the molecule is COc1ccc(Cl)cc1N1C(=O)C(Cl)=C(Nc2cccc(C(=O)Nc3ccc(Cl)cc3)c2)C1=O. The van der Waals surface area contributed by atoms with Crippen molar-refractivity contribution < 1.29 is 19.1 Å². The first-order chi connectivity index (χ1) is 16.3. The summed E-state index contributed by atoms with van der Waals surface area (Å²) in [6.07, 6.45) is 0. The summed E-state index contributed by atoms with van der Waals surface area (Å²) in [5.74, 6) is -1.51. The summed E-state index contributed by atoms with van der Waals surface area (Å²) in [5, 5.41) is 6.17. The largest absolute Gasteiger partial charge is 0.495 e. The zero-order chi connectivity index (χ0) is 24.4. The molecule has 1 aliphatic heterocycles. The van der Waals surface area contributed by atoms with Gasteiger partial charge in [0.15, 0.2) is 0 Å². The number of hydrogen-bond donors (Lipinski definition) is 2. The minimum Gasteiger partial charge on any atom is -0.495 e. The number of carbonyl (C=O) groups excluding carboxylic acids is 3. The Morgan fingerprint density at radius 3 is 2.26 bits per heavy atom. The second-order valence-electron chi connectivity index (χ2n) is 7.12. The molecule has 3 aromatic rings. The van der Waals surface area contributed by atoms with Gasteiger partial charge in [-0.1, -0.05) is 40.9 Å². The monoisotopic (exact) mass is 515 g/mol. The van der Waals surface area contributed by atoms with E-state index in [-0.39, 0.29) is 28.1 Å². The molecule has 2 N–H and O–H groups in total. The summed E-state index contributed by atoms with van der Waals surface area (Å²) < 4.78 is 5.26. The summed E-state index contributed by atoms with van der Waals surface area (Å²) in [6, 6.07) is 17.6. The maximum atomic E-state index is 13.1. The van der Waals surface area contributed by atoms with E-state index in [9.17, 15) is 14.4 Å². The number of ether oxygens (including phenoxy) is 1. The zero-order valence-electron chi connectivity index (χ0n) is 17.6. The molecule has 0 bridgehead atoms. The van der Waals surface area contributed by atoms with Crippen molar-refractivity contribution in [2.45, 2.75) is 0 Å². The van der Waals surface area contributed by atoms with E-state index in [0.29, 0.717) is 27.0 Å². The van der Waals surface area contributed by atoms with Crippen LogP contribution >= 0.6 is 34.8 Å². The lowest BCUT2D eigenvalue weighted by Crippen LogP contribution is -2.32. The number of nitrogens with zero attached hydrogens (tertiary/aromatic N) is 1. The molecular formula is C24H16Cl3N3O4. The Balaban J connectivity index is 1.56. The van der Waals surface area contributed by atoms with Gasteiger partial charge in [-0.3, -0.25) is 14.4 Å². The number of hydrogen-bond acceptors (Lipinski definition) is 5. The van der Waals surface area contributed by atoms with Crippen molar-refractivity contribution in [2.24, 2.45) is 0 Å². The van der Waals surface area contributed by atoms with Gasteiger partial charge < -0.3 is 15.4 Å². The van der Waals surface area contributed by atoms with Crippen LogP contribution in [0.1, 0.15) is 10.4 Å². The highest BCUT2D eigenvalue weighted by Crippen LogP contribution is 2.37. The first-order valence-corrected chi connectivity index (χ1v) is 11.0. The highest BCUT2D eigenvalue weighted by Gasteiger charge is 2.40. The molecule has 34 heavy (non-hydrogen) atoms. The Kier molecular flexibility index (Phi) is 6.79. The molecule has 0 radical (unpaired) electrons. The van der Waals surface area contributed by atoms with Gasteiger partial charge in [-0.2, -0.15) is 0 Å².